The molecule has 100 valence electrons. The Bertz CT molecular complexity index is 617. The maximum Gasteiger partial charge on any atom is 0.336 e. The topological polar surface area (TPSA) is 57.5 Å². The van der Waals surface area contributed by atoms with Crippen molar-refractivity contribution in [2.24, 2.45) is 5.92 Å². The Labute approximate surface area is 112 Å². The summed E-state index contributed by atoms with van der Waals surface area (Å²) in [5.74, 6) is -0.305. The lowest BCUT2D eigenvalue weighted by Gasteiger charge is -2.13. The molecule has 0 amide bonds. The van der Waals surface area contributed by atoms with E-state index in [1.807, 2.05) is 12.1 Å². The van der Waals surface area contributed by atoms with Crippen molar-refractivity contribution in [2.45, 2.75) is 26.7 Å². The van der Waals surface area contributed by atoms with Crippen molar-refractivity contribution in [1.82, 2.24) is 0 Å². The molecule has 0 fully saturated rings. The molecule has 0 aliphatic heterocycles. The SMILES string of the molecule is CCC(C)Cc1ccc2cc(O)ccc2c1C(=O)O. The molecule has 2 aromatic carbocycles. The molecule has 0 aliphatic rings. The van der Waals surface area contributed by atoms with Gasteiger partial charge in [0.1, 0.15) is 5.75 Å². The van der Waals surface area contributed by atoms with E-state index in [0.717, 1.165) is 23.8 Å². The monoisotopic (exact) mass is 258 g/mol. The molecule has 0 aromatic heterocycles. The number of aromatic hydroxyl groups is 1. The highest BCUT2D eigenvalue weighted by molar-refractivity contribution is 6.05. The average Bonchev–Trinajstić information content (AvgIpc) is 2.37. The summed E-state index contributed by atoms with van der Waals surface area (Å²) in [5, 5.41) is 20.4. The van der Waals surface area contributed by atoms with Gasteiger partial charge in [0.05, 0.1) is 5.56 Å². The van der Waals surface area contributed by atoms with Crippen molar-refractivity contribution in [3.05, 3.63) is 41.5 Å². The number of hydrogen-bond donors (Lipinski definition) is 2. The van der Waals surface area contributed by atoms with E-state index in [1.165, 1.54) is 6.07 Å². The predicted molar refractivity (Wildman–Crippen MR) is 75.7 cm³/mol. The Balaban J connectivity index is 2.62. The molecule has 3 nitrogen and oxygen atoms in total. The van der Waals surface area contributed by atoms with Gasteiger partial charge in [-0.2, -0.15) is 0 Å². The standard InChI is InChI=1S/C16H18O3/c1-3-10(2)8-12-5-4-11-9-13(17)6-7-14(11)15(12)16(18)19/h4-7,9-10,17H,3,8H2,1-2H3,(H,18,19). The second-order valence-corrected chi connectivity index (χ2v) is 5.03. The lowest BCUT2D eigenvalue weighted by atomic mass is 9.91. The lowest BCUT2D eigenvalue weighted by molar-refractivity contribution is 0.0697. The number of carbonyl (C=O) groups is 1. The van der Waals surface area contributed by atoms with E-state index in [-0.39, 0.29) is 5.75 Å². The molecule has 2 aromatic rings. The Morgan fingerprint density at radius 2 is 2.00 bits per heavy atom. The van der Waals surface area contributed by atoms with Crippen LogP contribution in [0.1, 0.15) is 36.2 Å². The highest BCUT2D eigenvalue weighted by Crippen LogP contribution is 2.27. The normalized spacial score (nSPS) is 12.5. The molecule has 0 saturated carbocycles. The van der Waals surface area contributed by atoms with Gasteiger partial charge in [0, 0.05) is 0 Å². The molecular formula is C16H18O3. The van der Waals surface area contributed by atoms with Gasteiger partial charge in [0.2, 0.25) is 0 Å². The number of rotatable bonds is 4. The summed E-state index contributed by atoms with van der Waals surface area (Å²) in [4.78, 5) is 11.5. The van der Waals surface area contributed by atoms with Crippen LogP contribution >= 0.6 is 0 Å². The Hall–Kier alpha value is -2.03. The van der Waals surface area contributed by atoms with Gasteiger partial charge >= 0.3 is 5.97 Å². The summed E-state index contributed by atoms with van der Waals surface area (Å²) in [7, 11) is 0. The molecule has 0 radical (unpaired) electrons. The number of phenols is 1. The van der Waals surface area contributed by atoms with Gasteiger partial charge in [-0.05, 0) is 46.9 Å². The van der Waals surface area contributed by atoms with E-state index in [2.05, 4.69) is 13.8 Å². The van der Waals surface area contributed by atoms with Crippen molar-refractivity contribution in [2.75, 3.05) is 0 Å². The maximum atomic E-state index is 11.5. The Morgan fingerprint density at radius 1 is 1.26 bits per heavy atom. The lowest BCUT2D eigenvalue weighted by Crippen LogP contribution is -2.07. The maximum absolute atomic E-state index is 11.5. The molecule has 3 heteroatoms. The molecule has 1 unspecified atom stereocenters. The minimum absolute atomic E-state index is 0.151. The first-order chi connectivity index (χ1) is 9.02. The van der Waals surface area contributed by atoms with Gasteiger partial charge < -0.3 is 10.2 Å². The highest BCUT2D eigenvalue weighted by atomic mass is 16.4. The number of phenolic OH excluding ortho intramolecular Hbond substituents is 1. The fourth-order valence-corrected chi connectivity index (χ4v) is 2.30. The Kier molecular flexibility index (Phi) is 3.74. The molecule has 2 N–H and O–H groups in total. The summed E-state index contributed by atoms with van der Waals surface area (Å²) < 4.78 is 0. The molecule has 19 heavy (non-hydrogen) atoms. The molecule has 0 saturated heterocycles. The van der Waals surface area contributed by atoms with Crippen LogP contribution in [0.5, 0.6) is 5.75 Å². The van der Waals surface area contributed by atoms with E-state index in [0.29, 0.717) is 16.9 Å². The zero-order valence-electron chi connectivity index (χ0n) is 11.2. The third-order valence-corrected chi connectivity index (χ3v) is 3.57. The van der Waals surface area contributed by atoms with Crippen molar-refractivity contribution < 1.29 is 15.0 Å². The van der Waals surface area contributed by atoms with Gasteiger partial charge in [-0.25, -0.2) is 4.79 Å². The smallest absolute Gasteiger partial charge is 0.336 e. The first-order valence-corrected chi connectivity index (χ1v) is 6.50. The second kappa shape index (κ2) is 5.31. The summed E-state index contributed by atoms with van der Waals surface area (Å²) >= 11 is 0. The predicted octanol–water partition coefficient (Wildman–Crippen LogP) is 3.83. The summed E-state index contributed by atoms with van der Waals surface area (Å²) in [6, 6.07) is 8.53. The third-order valence-electron chi connectivity index (χ3n) is 3.57. The first kappa shape index (κ1) is 13.4. The van der Waals surface area contributed by atoms with Crippen LogP contribution in [0.25, 0.3) is 10.8 Å². The number of carboxylic acids is 1. The largest absolute Gasteiger partial charge is 0.508 e. The summed E-state index contributed by atoms with van der Waals surface area (Å²) in [6.45, 7) is 4.22. The average molecular weight is 258 g/mol. The van der Waals surface area contributed by atoms with Crippen LogP contribution in [0, 0.1) is 5.92 Å². The fourth-order valence-electron chi connectivity index (χ4n) is 2.30. The van der Waals surface area contributed by atoms with Gasteiger partial charge in [-0.15, -0.1) is 0 Å². The molecular weight excluding hydrogens is 240 g/mol. The van der Waals surface area contributed by atoms with Gasteiger partial charge in [0.25, 0.3) is 0 Å². The van der Waals surface area contributed by atoms with Crippen LogP contribution in [-0.4, -0.2) is 16.2 Å². The quantitative estimate of drug-likeness (QED) is 0.876. The van der Waals surface area contributed by atoms with Crippen LogP contribution in [0.4, 0.5) is 0 Å². The minimum Gasteiger partial charge on any atom is -0.508 e. The van der Waals surface area contributed by atoms with Crippen LogP contribution in [-0.2, 0) is 6.42 Å². The molecule has 0 heterocycles. The van der Waals surface area contributed by atoms with E-state index >= 15 is 0 Å². The number of aromatic carboxylic acids is 1. The molecule has 0 bridgehead atoms. The van der Waals surface area contributed by atoms with E-state index in [1.54, 1.807) is 12.1 Å². The van der Waals surface area contributed by atoms with Crippen molar-refractivity contribution in [1.29, 1.82) is 0 Å². The van der Waals surface area contributed by atoms with E-state index in [9.17, 15) is 15.0 Å². The zero-order valence-corrected chi connectivity index (χ0v) is 11.2. The van der Waals surface area contributed by atoms with Crippen molar-refractivity contribution >= 4 is 16.7 Å². The molecule has 0 aliphatic carbocycles. The van der Waals surface area contributed by atoms with Crippen molar-refractivity contribution in [3.8, 4) is 5.75 Å². The molecule has 0 spiro atoms. The van der Waals surface area contributed by atoms with E-state index in [4.69, 9.17) is 0 Å². The van der Waals surface area contributed by atoms with Gasteiger partial charge in [0.15, 0.2) is 0 Å². The number of fused-ring (bicyclic) bond motifs is 1. The number of carboxylic acid groups (broad SMARTS) is 1. The van der Waals surface area contributed by atoms with Crippen LogP contribution in [0.2, 0.25) is 0 Å². The van der Waals surface area contributed by atoms with Crippen LogP contribution in [0.15, 0.2) is 30.3 Å². The highest BCUT2D eigenvalue weighted by Gasteiger charge is 2.16. The number of benzene rings is 2. The van der Waals surface area contributed by atoms with Crippen LogP contribution < -0.4 is 0 Å². The minimum atomic E-state index is -0.908. The van der Waals surface area contributed by atoms with E-state index < -0.39 is 5.97 Å². The van der Waals surface area contributed by atoms with Crippen molar-refractivity contribution in [3.63, 3.8) is 0 Å². The summed E-state index contributed by atoms with van der Waals surface area (Å²) in [5.41, 5.74) is 1.22. The van der Waals surface area contributed by atoms with Gasteiger partial charge in [-0.3, -0.25) is 0 Å². The Morgan fingerprint density at radius 3 is 2.63 bits per heavy atom. The zero-order chi connectivity index (χ0) is 14.0. The molecule has 2 rings (SSSR count). The third kappa shape index (κ3) is 2.70. The summed E-state index contributed by atoms with van der Waals surface area (Å²) in [6.07, 6.45) is 1.78. The first-order valence-electron chi connectivity index (χ1n) is 6.50. The fraction of sp³-hybridized carbons (Fsp3) is 0.312. The number of hydrogen-bond acceptors (Lipinski definition) is 2. The second-order valence-electron chi connectivity index (χ2n) is 5.03. The van der Waals surface area contributed by atoms with Crippen LogP contribution in [0.3, 0.4) is 0 Å². The van der Waals surface area contributed by atoms with Gasteiger partial charge in [-0.1, -0.05) is 32.4 Å². The molecule has 1 atom stereocenters.